The topological polar surface area (TPSA) is 20.2 Å². The fourth-order valence-electron chi connectivity index (χ4n) is 4.23. The molecule has 1 atom stereocenters. The Balaban J connectivity index is 1.75. The van der Waals surface area contributed by atoms with Crippen molar-refractivity contribution in [2.45, 2.75) is 64.4 Å². The molecule has 0 aliphatic heterocycles. The smallest absolute Gasteiger partial charge is 0.0746 e. The van der Waals surface area contributed by atoms with Gasteiger partial charge in [-0.3, -0.25) is 0 Å². The van der Waals surface area contributed by atoms with Crippen molar-refractivity contribution in [1.82, 2.24) is 0 Å². The van der Waals surface area contributed by atoms with Crippen molar-refractivity contribution in [3.05, 3.63) is 24.8 Å². The third-order valence-corrected chi connectivity index (χ3v) is 5.49. The predicted molar refractivity (Wildman–Crippen MR) is 81.9 cm³/mol. The molecule has 2 aliphatic rings. The second-order valence-corrected chi connectivity index (χ2v) is 6.60. The van der Waals surface area contributed by atoms with E-state index in [0.29, 0.717) is 5.92 Å². The average Bonchev–Trinajstić information content (AvgIpc) is 2.48. The normalized spacial score (nSPS) is 38.2. The summed E-state index contributed by atoms with van der Waals surface area (Å²) in [5, 5.41) is 9.85. The van der Waals surface area contributed by atoms with Crippen LogP contribution in [0.3, 0.4) is 0 Å². The van der Waals surface area contributed by atoms with E-state index in [1.807, 2.05) is 0 Å². The summed E-state index contributed by atoms with van der Waals surface area (Å²) in [6.45, 7) is 5.85. The van der Waals surface area contributed by atoms with E-state index in [9.17, 15) is 5.11 Å². The summed E-state index contributed by atoms with van der Waals surface area (Å²) < 4.78 is 0. The molecule has 0 amide bonds. The molecule has 0 aromatic heterocycles. The summed E-state index contributed by atoms with van der Waals surface area (Å²) in [6, 6.07) is 0. The molecule has 1 heteroatoms. The molecule has 1 nitrogen and oxygen atoms in total. The Morgan fingerprint density at radius 3 is 1.95 bits per heavy atom. The van der Waals surface area contributed by atoms with E-state index >= 15 is 0 Å². The summed E-state index contributed by atoms with van der Waals surface area (Å²) in [5.74, 6) is 3.22. The summed E-state index contributed by atoms with van der Waals surface area (Å²) in [7, 11) is 0. The molecule has 0 aromatic rings. The van der Waals surface area contributed by atoms with Crippen molar-refractivity contribution in [3.63, 3.8) is 0 Å². The molecule has 2 fully saturated rings. The monoisotopic (exact) mass is 262 g/mol. The van der Waals surface area contributed by atoms with Crippen LogP contribution >= 0.6 is 0 Å². The fourth-order valence-corrected chi connectivity index (χ4v) is 4.23. The van der Waals surface area contributed by atoms with E-state index in [0.717, 1.165) is 17.8 Å². The lowest BCUT2D eigenvalue weighted by Crippen LogP contribution is -2.29. The van der Waals surface area contributed by atoms with Crippen LogP contribution in [-0.2, 0) is 0 Å². The zero-order valence-electron chi connectivity index (χ0n) is 12.4. The fraction of sp³-hybridized carbons (Fsp3) is 0.778. The van der Waals surface area contributed by atoms with Crippen LogP contribution in [0.5, 0.6) is 0 Å². The van der Waals surface area contributed by atoms with Crippen molar-refractivity contribution in [3.8, 4) is 0 Å². The van der Waals surface area contributed by atoms with Gasteiger partial charge in [0.1, 0.15) is 0 Å². The lowest BCUT2D eigenvalue weighted by atomic mass is 9.68. The molecule has 2 saturated carbocycles. The van der Waals surface area contributed by atoms with Crippen LogP contribution < -0.4 is 0 Å². The molecular formula is C18H30O. The highest BCUT2D eigenvalue weighted by atomic mass is 16.3. The Labute approximate surface area is 118 Å². The highest BCUT2D eigenvalue weighted by Gasteiger charge is 2.31. The quantitative estimate of drug-likeness (QED) is 0.727. The molecule has 0 radical (unpaired) electrons. The van der Waals surface area contributed by atoms with Crippen LogP contribution in [0.1, 0.15) is 58.3 Å². The highest BCUT2D eigenvalue weighted by molar-refractivity contribution is 4.92. The van der Waals surface area contributed by atoms with Gasteiger partial charge in [-0.1, -0.05) is 18.2 Å². The van der Waals surface area contributed by atoms with Gasteiger partial charge in [0.15, 0.2) is 0 Å². The van der Waals surface area contributed by atoms with Crippen molar-refractivity contribution < 1.29 is 5.11 Å². The van der Waals surface area contributed by atoms with E-state index in [1.54, 1.807) is 6.08 Å². The van der Waals surface area contributed by atoms with E-state index in [4.69, 9.17) is 0 Å². The largest absolute Gasteiger partial charge is 0.389 e. The molecule has 0 saturated heterocycles. The zero-order chi connectivity index (χ0) is 13.7. The van der Waals surface area contributed by atoms with Gasteiger partial charge in [-0.05, 0) is 82.0 Å². The number of allylic oxidation sites excluding steroid dienone is 2. The van der Waals surface area contributed by atoms with E-state index < -0.39 is 0 Å². The van der Waals surface area contributed by atoms with Crippen LogP contribution in [0.4, 0.5) is 0 Å². The Bertz CT molecular complexity index is 291. The Kier molecular flexibility index (Phi) is 5.69. The van der Waals surface area contributed by atoms with E-state index in [1.165, 1.54) is 51.4 Å². The Morgan fingerprint density at radius 2 is 1.47 bits per heavy atom. The van der Waals surface area contributed by atoms with Gasteiger partial charge in [0.25, 0.3) is 0 Å². The van der Waals surface area contributed by atoms with Gasteiger partial charge >= 0.3 is 0 Å². The molecule has 108 valence electrons. The number of aliphatic hydroxyl groups excluding tert-OH is 1. The number of rotatable bonds is 4. The van der Waals surface area contributed by atoms with Gasteiger partial charge in [-0.25, -0.2) is 0 Å². The number of aliphatic hydroxyl groups is 1. The molecular weight excluding hydrogens is 232 g/mol. The van der Waals surface area contributed by atoms with Gasteiger partial charge in [0, 0.05) is 0 Å². The second-order valence-electron chi connectivity index (χ2n) is 6.60. The minimum Gasteiger partial charge on any atom is -0.389 e. The number of hydrogen-bond acceptors (Lipinski definition) is 1. The first-order chi connectivity index (χ1) is 9.24. The van der Waals surface area contributed by atoms with Gasteiger partial charge in [-0.15, -0.1) is 6.58 Å². The Morgan fingerprint density at radius 1 is 0.947 bits per heavy atom. The molecule has 0 heterocycles. The predicted octanol–water partition coefficient (Wildman–Crippen LogP) is 4.72. The molecule has 2 aliphatic carbocycles. The average molecular weight is 262 g/mol. The summed E-state index contributed by atoms with van der Waals surface area (Å²) in [4.78, 5) is 0. The van der Waals surface area contributed by atoms with Crippen LogP contribution in [0.15, 0.2) is 24.8 Å². The molecule has 2 rings (SSSR count). The minimum absolute atomic E-state index is 0.272. The van der Waals surface area contributed by atoms with Crippen LogP contribution in [0.25, 0.3) is 0 Å². The zero-order valence-corrected chi connectivity index (χ0v) is 12.4. The first-order valence-corrected chi connectivity index (χ1v) is 8.18. The van der Waals surface area contributed by atoms with Crippen molar-refractivity contribution >= 4 is 0 Å². The van der Waals surface area contributed by atoms with Gasteiger partial charge in [0.05, 0.1) is 6.10 Å². The van der Waals surface area contributed by atoms with Gasteiger partial charge < -0.3 is 5.11 Å². The number of hydrogen-bond donors (Lipinski definition) is 1. The van der Waals surface area contributed by atoms with Gasteiger partial charge in [0.2, 0.25) is 0 Å². The standard InChI is InChI=1S/C18H30O/c1-3-5-14-6-8-15(9-7-14)16-10-12-17(13-11-16)18(19)4-2/h3-5,14-19H,2,6-13H2,1H3. The van der Waals surface area contributed by atoms with Crippen LogP contribution in [-0.4, -0.2) is 11.2 Å². The van der Waals surface area contributed by atoms with Crippen molar-refractivity contribution in [2.75, 3.05) is 0 Å². The molecule has 0 spiro atoms. The van der Waals surface area contributed by atoms with E-state index in [-0.39, 0.29) is 6.10 Å². The van der Waals surface area contributed by atoms with Crippen LogP contribution in [0, 0.1) is 23.7 Å². The maximum Gasteiger partial charge on any atom is 0.0746 e. The van der Waals surface area contributed by atoms with Crippen molar-refractivity contribution in [1.29, 1.82) is 0 Å². The highest BCUT2D eigenvalue weighted by Crippen LogP contribution is 2.42. The second kappa shape index (κ2) is 7.28. The maximum absolute atomic E-state index is 9.85. The summed E-state index contributed by atoms with van der Waals surface area (Å²) >= 11 is 0. The molecule has 1 N–H and O–H groups in total. The lowest BCUT2D eigenvalue weighted by molar-refractivity contribution is 0.0865. The third-order valence-electron chi connectivity index (χ3n) is 5.49. The summed E-state index contributed by atoms with van der Waals surface area (Å²) in [6.07, 6.45) is 16.7. The SMILES string of the molecule is C=CC(O)C1CCC(C2CCC(C=CC)CC2)CC1. The molecule has 0 aromatic carbocycles. The maximum atomic E-state index is 9.85. The Hall–Kier alpha value is -0.560. The first-order valence-electron chi connectivity index (χ1n) is 8.18. The third kappa shape index (κ3) is 3.95. The molecule has 0 bridgehead atoms. The molecule has 1 unspecified atom stereocenters. The van der Waals surface area contributed by atoms with Crippen molar-refractivity contribution in [2.24, 2.45) is 23.7 Å². The molecule has 19 heavy (non-hydrogen) atoms. The lowest BCUT2D eigenvalue weighted by Gasteiger charge is -2.38. The van der Waals surface area contributed by atoms with Crippen LogP contribution in [0.2, 0.25) is 0 Å². The minimum atomic E-state index is -0.272. The summed E-state index contributed by atoms with van der Waals surface area (Å²) in [5.41, 5.74) is 0. The van der Waals surface area contributed by atoms with E-state index in [2.05, 4.69) is 25.7 Å². The first kappa shape index (κ1) is 14.8. The van der Waals surface area contributed by atoms with Gasteiger partial charge in [-0.2, -0.15) is 0 Å².